The zero-order valence-electron chi connectivity index (χ0n) is 13.6. The summed E-state index contributed by atoms with van der Waals surface area (Å²) < 4.78 is 0. The van der Waals surface area contributed by atoms with Crippen LogP contribution in [0.3, 0.4) is 0 Å². The molecule has 0 saturated carbocycles. The standard InChI is InChI=1S/C17H34N2/c1-14(2)17-7-10-18(11-8-17)12-16-6-5-9-19(13-16)15(3)4/h14-17H,5-13H2,1-4H3/t16-/m1/s1. The van der Waals surface area contributed by atoms with Crippen molar-refractivity contribution in [3.05, 3.63) is 0 Å². The summed E-state index contributed by atoms with van der Waals surface area (Å²) in [6.45, 7) is 16.2. The third-order valence-electron chi connectivity index (χ3n) is 5.37. The van der Waals surface area contributed by atoms with E-state index in [0.29, 0.717) is 0 Å². The van der Waals surface area contributed by atoms with Crippen LogP contribution in [0.4, 0.5) is 0 Å². The Morgan fingerprint density at radius 3 is 2.21 bits per heavy atom. The van der Waals surface area contributed by atoms with E-state index in [4.69, 9.17) is 0 Å². The topological polar surface area (TPSA) is 6.48 Å². The summed E-state index contributed by atoms with van der Waals surface area (Å²) in [7, 11) is 0. The van der Waals surface area contributed by atoms with Crippen molar-refractivity contribution in [3.8, 4) is 0 Å². The van der Waals surface area contributed by atoms with Crippen LogP contribution in [0.1, 0.15) is 53.4 Å². The van der Waals surface area contributed by atoms with E-state index in [2.05, 4.69) is 37.5 Å². The highest BCUT2D eigenvalue weighted by Gasteiger charge is 2.26. The lowest BCUT2D eigenvalue weighted by Crippen LogP contribution is -2.45. The fourth-order valence-corrected chi connectivity index (χ4v) is 3.88. The minimum absolute atomic E-state index is 0.731. The van der Waals surface area contributed by atoms with Crippen LogP contribution in [0.25, 0.3) is 0 Å². The molecule has 2 aliphatic heterocycles. The molecule has 0 aliphatic carbocycles. The Morgan fingerprint density at radius 1 is 0.947 bits per heavy atom. The van der Waals surface area contributed by atoms with E-state index in [-0.39, 0.29) is 0 Å². The van der Waals surface area contributed by atoms with Crippen LogP contribution in [-0.2, 0) is 0 Å². The summed E-state index contributed by atoms with van der Waals surface area (Å²) in [4.78, 5) is 5.42. The first-order valence-electron chi connectivity index (χ1n) is 8.52. The van der Waals surface area contributed by atoms with Gasteiger partial charge in [-0.1, -0.05) is 13.8 Å². The van der Waals surface area contributed by atoms with E-state index in [0.717, 1.165) is 23.8 Å². The van der Waals surface area contributed by atoms with Crippen LogP contribution in [0.2, 0.25) is 0 Å². The highest BCUT2D eigenvalue weighted by molar-refractivity contribution is 4.80. The van der Waals surface area contributed by atoms with Gasteiger partial charge in [-0.25, -0.2) is 0 Å². The van der Waals surface area contributed by atoms with Gasteiger partial charge in [-0.3, -0.25) is 0 Å². The Bertz CT molecular complexity index is 254. The van der Waals surface area contributed by atoms with Crippen LogP contribution < -0.4 is 0 Å². The van der Waals surface area contributed by atoms with Crippen LogP contribution in [-0.4, -0.2) is 48.6 Å². The molecule has 0 unspecified atom stereocenters. The zero-order valence-corrected chi connectivity index (χ0v) is 13.6. The van der Waals surface area contributed by atoms with Gasteiger partial charge < -0.3 is 9.80 Å². The van der Waals surface area contributed by atoms with Crippen LogP contribution in [0.5, 0.6) is 0 Å². The molecule has 2 fully saturated rings. The van der Waals surface area contributed by atoms with Crippen molar-refractivity contribution in [3.63, 3.8) is 0 Å². The molecule has 19 heavy (non-hydrogen) atoms. The Kier molecular flexibility index (Phi) is 5.70. The van der Waals surface area contributed by atoms with Gasteiger partial charge in [-0.2, -0.15) is 0 Å². The van der Waals surface area contributed by atoms with Gasteiger partial charge in [0.1, 0.15) is 0 Å². The smallest absolute Gasteiger partial charge is 0.00387 e. The Balaban J connectivity index is 1.73. The number of likely N-dealkylation sites (tertiary alicyclic amines) is 2. The Labute approximate surface area is 120 Å². The molecule has 0 spiro atoms. The molecule has 0 aromatic rings. The summed E-state index contributed by atoms with van der Waals surface area (Å²) in [5.74, 6) is 2.79. The quantitative estimate of drug-likeness (QED) is 0.769. The third kappa shape index (κ3) is 4.46. The van der Waals surface area contributed by atoms with Crippen molar-refractivity contribution in [2.75, 3.05) is 32.7 Å². The molecule has 1 atom stereocenters. The van der Waals surface area contributed by atoms with Gasteiger partial charge in [0.2, 0.25) is 0 Å². The minimum atomic E-state index is 0.731. The maximum atomic E-state index is 2.74. The number of nitrogens with zero attached hydrogens (tertiary/aromatic N) is 2. The van der Waals surface area contributed by atoms with Gasteiger partial charge >= 0.3 is 0 Å². The molecule has 0 radical (unpaired) electrons. The molecule has 0 bridgehead atoms. The average molecular weight is 266 g/mol. The second-order valence-corrected chi connectivity index (χ2v) is 7.48. The van der Waals surface area contributed by atoms with Gasteiger partial charge in [-0.15, -0.1) is 0 Å². The highest BCUT2D eigenvalue weighted by Crippen LogP contribution is 2.26. The van der Waals surface area contributed by atoms with E-state index < -0.39 is 0 Å². The fraction of sp³-hybridized carbons (Fsp3) is 1.00. The van der Waals surface area contributed by atoms with Crippen LogP contribution in [0.15, 0.2) is 0 Å². The zero-order chi connectivity index (χ0) is 13.8. The average Bonchev–Trinajstić information content (AvgIpc) is 2.39. The maximum Gasteiger partial charge on any atom is 0.00387 e. The molecule has 2 nitrogen and oxygen atoms in total. The number of piperidine rings is 2. The molecule has 0 aromatic heterocycles. The fourth-order valence-electron chi connectivity index (χ4n) is 3.88. The van der Waals surface area contributed by atoms with Crippen molar-refractivity contribution < 1.29 is 0 Å². The molecule has 2 saturated heterocycles. The monoisotopic (exact) mass is 266 g/mol. The molecule has 2 aliphatic rings. The molecule has 0 N–H and O–H groups in total. The van der Waals surface area contributed by atoms with Crippen molar-refractivity contribution in [2.45, 2.75) is 59.4 Å². The lowest BCUT2D eigenvalue weighted by molar-refractivity contribution is 0.0880. The predicted molar refractivity (Wildman–Crippen MR) is 83.4 cm³/mol. The number of rotatable bonds is 4. The first-order valence-corrected chi connectivity index (χ1v) is 8.52. The van der Waals surface area contributed by atoms with E-state index in [9.17, 15) is 0 Å². The molecule has 0 aromatic carbocycles. The molecule has 0 amide bonds. The van der Waals surface area contributed by atoms with E-state index >= 15 is 0 Å². The van der Waals surface area contributed by atoms with Crippen molar-refractivity contribution in [1.29, 1.82) is 0 Å². The second kappa shape index (κ2) is 7.08. The number of hydrogen-bond donors (Lipinski definition) is 0. The first-order chi connectivity index (χ1) is 9.06. The first kappa shape index (κ1) is 15.3. The summed E-state index contributed by atoms with van der Waals surface area (Å²) in [6.07, 6.45) is 5.72. The van der Waals surface area contributed by atoms with E-state index in [1.165, 1.54) is 58.4 Å². The summed E-state index contributed by atoms with van der Waals surface area (Å²) in [5, 5.41) is 0. The van der Waals surface area contributed by atoms with Gasteiger partial charge in [0, 0.05) is 19.1 Å². The predicted octanol–water partition coefficient (Wildman–Crippen LogP) is 3.47. The maximum absolute atomic E-state index is 2.74. The normalized spacial score (nSPS) is 28.4. The molecule has 2 heteroatoms. The molecular weight excluding hydrogens is 232 g/mol. The van der Waals surface area contributed by atoms with E-state index in [1.54, 1.807) is 0 Å². The summed E-state index contributed by atoms with van der Waals surface area (Å²) in [5.41, 5.74) is 0. The minimum Gasteiger partial charge on any atom is -0.303 e. The van der Waals surface area contributed by atoms with Gasteiger partial charge in [0.15, 0.2) is 0 Å². The van der Waals surface area contributed by atoms with Crippen molar-refractivity contribution >= 4 is 0 Å². The van der Waals surface area contributed by atoms with Gasteiger partial charge in [0.25, 0.3) is 0 Å². The molecular formula is C17H34N2. The lowest BCUT2D eigenvalue weighted by Gasteiger charge is -2.40. The molecule has 112 valence electrons. The lowest BCUT2D eigenvalue weighted by atomic mass is 9.86. The Morgan fingerprint density at radius 2 is 1.63 bits per heavy atom. The highest BCUT2D eigenvalue weighted by atomic mass is 15.2. The SMILES string of the molecule is CC(C)C1CCN(C[C@H]2CCCN(C(C)C)C2)CC1. The summed E-state index contributed by atoms with van der Waals surface area (Å²) in [6, 6.07) is 0.731. The number of hydrogen-bond acceptors (Lipinski definition) is 2. The largest absolute Gasteiger partial charge is 0.303 e. The van der Waals surface area contributed by atoms with Crippen molar-refractivity contribution in [1.82, 2.24) is 9.80 Å². The van der Waals surface area contributed by atoms with Crippen LogP contribution >= 0.6 is 0 Å². The third-order valence-corrected chi connectivity index (χ3v) is 5.37. The van der Waals surface area contributed by atoms with Crippen LogP contribution in [0, 0.1) is 17.8 Å². The molecule has 2 heterocycles. The summed E-state index contributed by atoms with van der Waals surface area (Å²) >= 11 is 0. The van der Waals surface area contributed by atoms with E-state index in [1.807, 2.05) is 0 Å². The molecule has 2 rings (SSSR count). The second-order valence-electron chi connectivity index (χ2n) is 7.48. The van der Waals surface area contributed by atoms with Gasteiger partial charge in [-0.05, 0) is 76.9 Å². The van der Waals surface area contributed by atoms with Crippen molar-refractivity contribution in [2.24, 2.45) is 17.8 Å². The van der Waals surface area contributed by atoms with Gasteiger partial charge in [0.05, 0.1) is 0 Å². The Hall–Kier alpha value is -0.0800.